The molecule has 1 heterocycles. The number of carbonyl (C=O) groups excluding carboxylic acids is 1. The van der Waals surface area contributed by atoms with Crippen LogP contribution in [0, 0.1) is 10.7 Å². The SMILES string of the molecule is COc1ccc(-c2n[nH]c(=S)n2CC(=O)NC(c2ccccc2)C2CCCCC2)cc1. The molecule has 2 N–H and O–H groups in total. The molecule has 0 aliphatic heterocycles. The second kappa shape index (κ2) is 9.92. The molecule has 1 aromatic heterocycles. The third-order valence-electron chi connectivity index (χ3n) is 6.00. The van der Waals surface area contributed by atoms with Crippen molar-refractivity contribution < 1.29 is 9.53 Å². The van der Waals surface area contributed by atoms with Crippen LogP contribution in [0.25, 0.3) is 11.4 Å². The number of hydrogen-bond donors (Lipinski definition) is 2. The number of ether oxygens (including phenoxy) is 1. The van der Waals surface area contributed by atoms with Gasteiger partial charge in [0.25, 0.3) is 0 Å². The number of rotatable bonds is 7. The van der Waals surface area contributed by atoms with Crippen molar-refractivity contribution in [3.63, 3.8) is 0 Å². The highest BCUT2D eigenvalue weighted by molar-refractivity contribution is 7.71. The summed E-state index contributed by atoms with van der Waals surface area (Å²) >= 11 is 5.41. The van der Waals surface area contributed by atoms with Crippen molar-refractivity contribution >= 4 is 18.1 Å². The summed E-state index contributed by atoms with van der Waals surface area (Å²) in [5, 5.41) is 10.5. The average Bonchev–Trinajstić information content (AvgIpc) is 3.18. The van der Waals surface area contributed by atoms with Crippen molar-refractivity contribution in [3.8, 4) is 17.1 Å². The Hall–Kier alpha value is -2.93. The summed E-state index contributed by atoms with van der Waals surface area (Å²) in [5.41, 5.74) is 2.03. The molecule has 1 unspecified atom stereocenters. The van der Waals surface area contributed by atoms with E-state index in [1.165, 1.54) is 19.3 Å². The molecule has 0 spiro atoms. The van der Waals surface area contributed by atoms with Gasteiger partial charge in [0.1, 0.15) is 12.3 Å². The lowest BCUT2D eigenvalue weighted by atomic mass is 9.81. The van der Waals surface area contributed by atoms with Gasteiger partial charge in [0.2, 0.25) is 5.91 Å². The maximum atomic E-state index is 13.1. The van der Waals surface area contributed by atoms with Crippen molar-refractivity contribution in [3.05, 3.63) is 64.9 Å². The topological polar surface area (TPSA) is 71.9 Å². The number of H-pyrrole nitrogens is 1. The Balaban J connectivity index is 1.54. The van der Waals surface area contributed by atoms with Crippen molar-refractivity contribution in [2.45, 2.75) is 44.7 Å². The van der Waals surface area contributed by atoms with Gasteiger partial charge in [-0.2, -0.15) is 5.10 Å². The molecule has 7 heteroatoms. The predicted octanol–water partition coefficient (Wildman–Crippen LogP) is 5.05. The van der Waals surface area contributed by atoms with Gasteiger partial charge in [-0.05, 0) is 60.8 Å². The predicted molar refractivity (Wildman–Crippen MR) is 123 cm³/mol. The van der Waals surface area contributed by atoms with E-state index < -0.39 is 0 Å². The van der Waals surface area contributed by atoms with Gasteiger partial charge >= 0.3 is 0 Å². The number of nitrogens with zero attached hydrogens (tertiary/aromatic N) is 2. The highest BCUT2D eigenvalue weighted by atomic mass is 32.1. The van der Waals surface area contributed by atoms with E-state index in [0.29, 0.717) is 16.5 Å². The normalized spacial score (nSPS) is 15.4. The maximum absolute atomic E-state index is 13.1. The Labute approximate surface area is 187 Å². The molecule has 1 atom stereocenters. The largest absolute Gasteiger partial charge is 0.497 e. The molecule has 1 fully saturated rings. The van der Waals surface area contributed by atoms with Crippen LogP contribution in [-0.2, 0) is 11.3 Å². The number of amides is 1. The van der Waals surface area contributed by atoms with Gasteiger partial charge < -0.3 is 10.1 Å². The highest BCUT2D eigenvalue weighted by Crippen LogP contribution is 2.34. The second-order valence-electron chi connectivity index (χ2n) is 8.02. The molecular weight excluding hydrogens is 408 g/mol. The van der Waals surface area contributed by atoms with Crippen LogP contribution in [0.4, 0.5) is 0 Å². The van der Waals surface area contributed by atoms with Crippen LogP contribution in [0.2, 0.25) is 0 Å². The Morgan fingerprint density at radius 2 is 1.87 bits per heavy atom. The fourth-order valence-electron chi connectivity index (χ4n) is 4.39. The van der Waals surface area contributed by atoms with Crippen LogP contribution >= 0.6 is 12.2 Å². The number of hydrogen-bond acceptors (Lipinski definition) is 4. The summed E-state index contributed by atoms with van der Waals surface area (Å²) in [5.74, 6) is 1.79. The Morgan fingerprint density at radius 1 is 1.16 bits per heavy atom. The van der Waals surface area contributed by atoms with Crippen LogP contribution in [-0.4, -0.2) is 27.8 Å². The molecule has 6 nitrogen and oxygen atoms in total. The molecule has 162 valence electrons. The van der Waals surface area contributed by atoms with Crippen LogP contribution in [0.3, 0.4) is 0 Å². The van der Waals surface area contributed by atoms with E-state index in [1.54, 1.807) is 11.7 Å². The van der Waals surface area contributed by atoms with Crippen LogP contribution in [0.15, 0.2) is 54.6 Å². The Kier molecular flexibility index (Phi) is 6.82. The number of nitrogens with one attached hydrogen (secondary N) is 2. The lowest BCUT2D eigenvalue weighted by Gasteiger charge is -2.31. The first kappa shape index (κ1) is 21.3. The number of methoxy groups -OCH3 is 1. The van der Waals surface area contributed by atoms with Crippen molar-refractivity contribution in [2.24, 2.45) is 5.92 Å². The minimum Gasteiger partial charge on any atom is -0.497 e. The molecule has 1 amide bonds. The molecule has 1 aliphatic carbocycles. The summed E-state index contributed by atoms with van der Waals surface area (Å²) in [6.45, 7) is 0.118. The first-order valence-electron chi connectivity index (χ1n) is 10.8. The summed E-state index contributed by atoms with van der Waals surface area (Å²) in [4.78, 5) is 13.1. The Morgan fingerprint density at radius 3 is 2.55 bits per heavy atom. The summed E-state index contributed by atoms with van der Waals surface area (Å²) < 4.78 is 7.40. The van der Waals surface area contributed by atoms with E-state index in [1.807, 2.05) is 42.5 Å². The van der Waals surface area contributed by atoms with E-state index >= 15 is 0 Å². The maximum Gasteiger partial charge on any atom is 0.240 e. The lowest BCUT2D eigenvalue weighted by Crippen LogP contribution is -2.36. The second-order valence-corrected chi connectivity index (χ2v) is 8.41. The highest BCUT2D eigenvalue weighted by Gasteiger charge is 2.27. The average molecular weight is 437 g/mol. The third kappa shape index (κ3) is 5.05. The van der Waals surface area contributed by atoms with Crippen molar-refractivity contribution in [2.75, 3.05) is 7.11 Å². The smallest absolute Gasteiger partial charge is 0.240 e. The number of aromatic amines is 1. The first-order chi connectivity index (χ1) is 15.2. The van der Waals surface area contributed by atoms with Gasteiger partial charge in [-0.1, -0.05) is 49.6 Å². The molecule has 2 aromatic carbocycles. The first-order valence-corrected chi connectivity index (χ1v) is 11.2. The monoisotopic (exact) mass is 436 g/mol. The fourth-order valence-corrected chi connectivity index (χ4v) is 4.59. The summed E-state index contributed by atoms with van der Waals surface area (Å²) in [7, 11) is 1.63. The molecule has 0 saturated heterocycles. The molecule has 31 heavy (non-hydrogen) atoms. The van der Waals surface area contributed by atoms with Crippen LogP contribution in [0.1, 0.15) is 43.7 Å². The summed E-state index contributed by atoms with van der Waals surface area (Å²) in [6.07, 6.45) is 6.00. The van der Waals surface area contributed by atoms with Crippen LogP contribution < -0.4 is 10.1 Å². The molecule has 3 aromatic rings. The standard InChI is InChI=1S/C24H28N4O2S/c1-30-20-14-12-19(13-15-20)23-26-27-24(31)28(23)16-21(29)25-22(17-8-4-2-5-9-17)18-10-6-3-7-11-18/h2,4-5,8-9,12-15,18,22H,3,6-7,10-11,16H2,1H3,(H,25,29)(H,27,31). The zero-order valence-corrected chi connectivity index (χ0v) is 18.5. The third-order valence-corrected chi connectivity index (χ3v) is 6.32. The van der Waals surface area contributed by atoms with E-state index in [9.17, 15) is 4.79 Å². The van der Waals surface area contributed by atoms with Crippen molar-refractivity contribution in [1.82, 2.24) is 20.1 Å². The molecular formula is C24H28N4O2S. The number of benzene rings is 2. The van der Waals surface area contributed by atoms with Crippen molar-refractivity contribution in [1.29, 1.82) is 0 Å². The number of carbonyl (C=O) groups is 1. The number of aromatic nitrogens is 3. The van der Waals surface area contributed by atoms with Crippen LogP contribution in [0.5, 0.6) is 5.75 Å². The molecule has 1 saturated carbocycles. The minimum absolute atomic E-state index is 0.0134. The fraction of sp³-hybridized carbons (Fsp3) is 0.375. The van der Waals surface area contributed by atoms with Gasteiger partial charge in [0.15, 0.2) is 10.6 Å². The van der Waals surface area contributed by atoms with E-state index in [4.69, 9.17) is 17.0 Å². The van der Waals surface area contributed by atoms with Gasteiger partial charge in [-0.15, -0.1) is 0 Å². The summed E-state index contributed by atoms with van der Waals surface area (Å²) in [6, 6.07) is 17.8. The van der Waals surface area contributed by atoms with Gasteiger partial charge in [0.05, 0.1) is 13.2 Å². The van der Waals surface area contributed by atoms with E-state index in [0.717, 1.165) is 29.7 Å². The Bertz CT molecular complexity index is 1050. The lowest BCUT2D eigenvalue weighted by molar-refractivity contribution is -0.122. The van der Waals surface area contributed by atoms with Gasteiger partial charge in [-0.3, -0.25) is 14.5 Å². The molecule has 1 aliphatic rings. The minimum atomic E-state index is -0.0633. The van der Waals surface area contributed by atoms with Gasteiger partial charge in [-0.25, -0.2) is 0 Å². The molecule has 4 rings (SSSR count). The molecule has 0 radical (unpaired) electrons. The zero-order chi connectivity index (χ0) is 21.6. The van der Waals surface area contributed by atoms with Gasteiger partial charge in [0, 0.05) is 5.56 Å². The zero-order valence-electron chi connectivity index (χ0n) is 17.7. The molecule has 0 bridgehead atoms. The van der Waals surface area contributed by atoms with E-state index in [2.05, 4.69) is 27.6 Å². The quantitative estimate of drug-likeness (QED) is 0.508. The van der Waals surface area contributed by atoms with E-state index in [-0.39, 0.29) is 18.5 Å².